The standard InChI is InChI=1S/C14H14BN3O3/c19-14(17-13-11(6-16-18-13)8-1-2-8)9-3-4-10-7-21-15(20)12(10)5-9/h3-6,8,20H,1-2,7H2,(H2,16,17,18,19). The van der Waals surface area contributed by atoms with Gasteiger partial charge in [0.25, 0.3) is 5.91 Å². The van der Waals surface area contributed by atoms with E-state index in [0.717, 1.165) is 24.0 Å². The number of carbonyl (C=O) groups excluding carboxylic acids is 1. The summed E-state index contributed by atoms with van der Waals surface area (Å²) >= 11 is 0. The molecule has 2 heterocycles. The fraction of sp³-hybridized carbons (Fsp3) is 0.286. The van der Waals surface area contributed by atoms with Gasteiger partial charge >= 0.3 is 7.12 Å². The maximum Gasteiger partial charge on any atom is 0.491 e. The van der Waals surface area contributed by atoms with Crippen molar-refractivity contribution in [1.29, 1.82) is 0 Å². The fourth-order valence-electron chi connectivity index (χ4n) is 2.64. The number of nitrogens with zero attached hydrogens (tertiary/aromatic N) is 1. The molecule has 1 fully saturated rings. The average Bonchev–Trinajstić information content (AvgIpc) is 3.13. The highest BCUT2D eigenvalue weighted by atomic mass is 16.5. The van der Waals surface area contributed by atoms with Crippen LogP contribution in [0.4, 0.5) is 5.82 Å². The summed E-state index contributed by atoms with van der Waals surface area (Å²) in [6.45, 7) is 0.380. The minimum absolute atomic E-state index is 0.219. The molecule has 0 bridgehead atoms. The number of H-pyrrole nitrogens is 1. The highest BCUT2D eigenvalue weighted by molar-refractivity contribution is 6.61. The van der Waals surface area contributed by atoms with Crippen LogP contribution in [0.15, 0.2) is 24.4 Å². The van der Waals surface area contributed by atoms with Crippen LogP contribution in [0.3, 0.4) is 0 Å². The van der Waals surface area contributed by atoms with E-state index in [-0.39, 0.29) is 5.91 Å². The molecule has 2 aliphatic rings. The minimum Gasteiger partial charge on any atom is -0.423 e. The van der Waals surface area contributed by atoms with Gasteiger partial charge in [-0.05, 0) is 41.9 Å². The van der Waals surface area contributed by atoms with Crippen LogP contribution in [0.1, 0.15) is 40.2 Å². The normalized spacial score (nSPS) is 16.9. The van der Waals surface area contributed by atoms with Crippen LogP contribution in [0.2, 0.25) is 0 Å². The first-order valence-electron chi connectivity index (χ1n) is 6.99. The largest absolute Gasteiger partial charge is 0.491 e. The van der Waals surface area contributed by atoms with Gasteiger partial charge in [-0.3, -0.25) is 9.89 Å². The van der Waals surface area contributed by atoms with Gasteiger partial charge in [-0.2, -0.15) is 5.10 Å². The molecule has 0 saturated heterocycles. The number of carbonyl (C=O) groups is 1. The van der Waals surface area contributed by atoms with Gasteiger partial charge in [0.2, 0.25) is 0 Å². The number of amides is 1. The van der Waals surface area contributed by atoms with Gasteiger partial charge in [0.15, 0.2) is 0 Å². The van der Waals surface area contributed by atoms with Gasteiger partial charge in [-0.15, -0.1) is 0 Å². The zero-order chi connectivity index (χ0) is 14.4. The lowest BCUT2D eigenvalue weighted by Gasteiger charge is -2.07. The summed E-state index contributed by atoms with van der Waals surface area (Å²) in [5.41, 5.74) is 3.14. The summed E-state index contributed by atoms with van der Waals surface area (Å²) in [6, 6.07) is 5.23. The molecule has 1 aromatic carbocycles. The molecule has 21 heavy (non-hydrogen) atoms. The number of hydrogen-bond acceptors (Lipinski definition) is 4. The Bertz CT molecular complexity index is 711. The molecule has 3 N–H and O–H groups in total. The third-order valence-electron chi connectivity index (χ3n) is 4.00. The Kier molecular flexibility index (Phi) is 2.83. The van der Waals surface area contributed by atoms with E-state index in [1.807, 2.05) is 6.07 Å². The molecule has 7 heteroatoms. The van der Waals surface area contributed by atoms with E-state index in [1.54, 1.807) is 18.3 Å². The van der Waals surface area contributed by atoms with Crippen LogP contribution >= 0.6 is 0 Å². The molecule has 0 spiro atoms. The summed E-state index contributed by atoms with van der Waals surface area (Å²) in [4.78, 5) is 12.3. The molecule has 0 unspecified atom stereocenters. The minimum atomic E-state index is -0.943. The number of anilines is 1. The number of rotatable bonds is 3. The Labute approximate surface area is 121 Å². The van der Waals surface area contributed by atoms with Crippen molar-refractivity contribution in [2.75, 3.05) is 5.32 Å². The molecule has 1 aliphatic heterocycles. The molecule has 1 aromatic heterocycles. The van der Waals surface area contributed by atoms with E-state index >= 15 is 0 Å². The molecule has 0 radical (unpaired) electrons. The first kappa shape index (κ1) is 12.6. The van der Waals surface area contributed by atoms with Crippen molar-refractivity contribution in [1.82, 2.24) is 10.2 Å². The Morgan fingerprint density at radius 1 is 1.48 bits per heavy atom. The summed E-state index contributed by atoms with van der Waals surface area (Å²) in [5, 5.41) is 19.4. The van der Waals surface area contributed by atoms with E-state index < -0.39 is 7.12 Å². The second kappa shape index (κ2) is 4.72. The topological polar surface area (TPSA) is 87.2 Å². The summed E-state index contributed by atoms with van der Waals surface area (Å²) in [5.74, 6) is 0.956. The average molecular weight is 283 g/mol. The zero-order valence-electron chi connectivity index (χ0n) is 11.3. The molecule has 1 aliphatic carbocycles. The molecule has 106 valence electrons. The van der Waals surface area contributed by atoms with Crippen LogP contribution in [-0.2, 0) is 11.3 Å². The van der Waals surface area contributed by atoms with Crippen LogP contribution in [-0.4, -0.2) is 28.2 Å². The Balaban J connectivity index is 1.57. The van der Waals surface area contributed by atoms with Gasteiger partial charge in [-0.25, -0.2) is 0 Å². The number of fused-ring (bicyclic) bond motifs is 1. The second-order valence-electron chi connectivity index (χ2n) is 5.51. The van der Waals surface area contributed by atoms with E-state index in [4.69, 9.17) is 4.65 Å². The first-order valence-corrected chi connectivity index (χ1v) is 6.99. The Morgan fingerprint density at radius 2 is 2.33 bits per heavy atom. The molecular weight excluding hydrogens is 269 g/mol. The lowest BCUT2D eigenvalue weighted by Crippen LogP contribution is -2.29. The van der Waals surface area contributed by atoms with Crippen LogP contribution in [0.25, 0.3) is 0 Å². The monoisotopic (exact) mass is 283 g/mol. The van der Waals surface area contributed by atoms with Gasteiger partial charge in [0.1, 0.15) is 5.82 Å². The molecule has 2 aromatic rings. The maximum absolute atomic E-state index is 12.3. The molecular formula is C14H14BN3O3. The molecule has 4 rings (SSSR count). The van der Waals surface area contributed by atoms with Crippen LogP contribution < -0.4 is 10.8 Å². The van der Waals surface area contributed by atoms with Crippen molar-refractivity contribution < 1.29 is 14.5 Å². The maximum atomic E-state index is 12.3. The van der Waals surface area contributed by atoms with E-state index in [1.165, 1.54) is 0 Å². The van der Waals surface area contributed by atoms with Crippen molar-refractivity contribution in [2.45, 2.75) is 25.4 Å². The van der Waals surface area contributed by atoms with Crippen LogP contribution in [0, 0.1) is 0 Å². The Morgan fingerprint density at radius 3 is 3.14 bits per heavy atom. The fourth-order valence-corrected chi connectivity index (χ4v) is 2.64. The Hall–Kier alpha value is -2.12. The second-order valence-corrected chi connectivity index (χ2v) is 5.51. The number of aromatic nitrogens is 2. The van der Waals surface area contributed by atoms with Crippen molar-refractivity contribution in [3.63, 3.8) is 0 Å². The number of aromatic amines is 1. The molecule has 6 nitrogen and oxygen atoms in total. The van der Waals surface area contributed by atoms with Crippen molar-refractivity contribution >= 4 is 24.3 Å². The highest BCUT2D eigenvalue weighted by Crippen LogP contribution is 2.42. The highest BCUT2D eigenvalue weighted by Gasteiger charge is 2.30. The summed E-state index contributed by atoms with van der Waals surface area (Å²) in [6.07, 6.45) is 4.06. The molecule has 1 amide bonds. The van der Waals surface area contributed by atoms with Crippen molar-refractivity contribution in [3.8, 4) is 0 Å². The van der Waals surface area contributed by atoms with Crippen LogP contribution in [0.5, 0.6) is 0 Å². The zero-order valence-corrected chi connectivity index (χ0v) is 11.3. The van der Waals surface area contributed by atoms with Crippen molar-refractivity contribution in [3.05, 3.63) is 41.1 Å². The van der Waals surface area contributed by atoms with Crippen molar-refractivity contribution in [2.24, 2.45) is 0 Å². The lowest BCUT2D eigenvalue weighted by molar-refractivity contribution is 0.102. The number of hydrogen-bond donors (Lipinski definition) is 3. The third-order valence-corrected chi connectivity index (χ3v) is 4.00. The van der Waals surface area contributed by atoms with E-state index in [9.17, 15) is 9.82 Å². The first-order chi connectivity index (χ1) is 10.2. The third kappa shape index (κ3) is 2.24. The summed E-state index contributed by atoms with van der Waals surface area (Å²) < 4.78 is 5.13. The van der Waals surface area contributed by atoms with E-state index in [2.05, 4.69) is 15.5 Å². The number of benzene rings is 1. The van der Waals surface area contributed by atoms with Gasteiger partial charge < -0.3 is 15.0 Å². The predicted molar refractivity (Wildman–Crippen MR) is 77.4 cm³/mol. The van der Waals surface area contributed by atoms with Gasteiger partial charge in [-0.1, -0.05) is 6.07 Å². The van der Waals surface area contributed by atoms with Gasteiger partial charge in [0.05, 0.1) is 12.8 Å². The quantitative estimate of drug-likeness (QED) is 0.726. The van der Waals surface area contributed by atoms with E-state index in [0.29, 0.717) is 29.4 Å². The molecule has 0 atom stereocenters. The summed E-state index contributed by atoms with van der Waals surface area (Å²) in [7, 11) is -0.943. The smallest absolute Gasteiger partial charge is 0.423 e. The van der Waals surface area contributed by atoms with Gasteiger partial charge in [0, 0.05) is 11.1 Å². The predicted octanol–water partition coefficient (Wildman–Crippen LogP) is 0.757. The lowest BCUT2D eigenvalue weighted by atomic mass is 9.79. The SMILES string of the molecule is O=C(Nc1[nH]ncc1C1CC1)c1ccc2c(c1)B(O)OC2. The molecule has 1 saturated carbocycles. The number of nitrogens with one attached hydrogen (secondary N) is 2.